The van der Waals surface area contributed by atoms with Gasteiger partial charge in [0, 0.05) is 11.4 Å². The Hall–Kier alpha value is -1.29. The van der Waals surface area contributed by atoms with E-state index >= 15 is 0 Å². The molecule has 0 atom stereocenters. The van der Waals surface area contributed by atoms with Gasteiger partial charge < -0.3 is 5.32 Å². The van der Waals surface area contributed by atoms with Crippen molar-refractivity contribution in [3.63, 3.8) is 0 Å². The summed E-state index contributed by atoms with van der Waals surface area (Å²) >= 11 is 1.78. The van der Waals surface area contributed by atoms with Crippen LogP contribution in [0.25, 0.3) is 0 Å². The van der Waals surface area contributed by atoms with Crippen LogP contribution >= 0.6 is 11.8 Å². The van der Waals surface area contributed by atoms with Crippen LogP contribution in [0, 0.1) is 0 Å². The van der Waals surface area contributed by atoms with Gasteiger partial charge in [-0.1, -0.05) is 19.1 Å². The fourth-order valence-electron chi connectivity index (χ4n) is 1.36. The van der Waals surface area contributed by atoms with Gasteiger partial charge in [0.25, 0.3) is 0 Å². The van der Waals surface area contributed by atoms with E-state index in [1.165, 1.54) is 11.8 Å². The lowest BCUT2D eigenvalue weighted by Gasteiger charge is -2.05. The van der Waals surface area contributed by atoms with Gasteiger partial charge in [-0.3, -0.25) is 9.59 Å². The summed E-state index contributed by atoms with van der Waals surface area (Å²) in [6, 6.07) is 8.07. The van der Waals surface area contributed by atoms with Gasteiger partial charge in [-0.25, -0.2) is 0 Å². The first-order chi connectivity index (χ1) is 8.11. The van der Waals surface area contributed by atoms with E-state index in [4.69, 9.17) is 0 Å². The summed E-state index contributed by atoms with van der Waals surface area (Å²) in [7, 11) is 0. The Kier molecular flexibility index (Phi) is 5.77. The molecule has 0 aliphatic heterocycles. The summed E-state index contributed by atoms with van der Waals surface area (Å²) < 4.78 is 0. The van der Waals surface area contributed by atoms with Crippen LogP contribution < -0.4 is 5.32 Å². The van der Waals surface area contributed by atoms with E-state index in [0.717, 1.165) is 11.3 Å². The molecule has 0 heterocycles. The largest absolute Gasteiger partial charge is 0.352 e. The SMILES string of the molecule is CCSc1ccc(CNC(=O)CC(C)=O)cc1. The van der Waals surface area contributed by atoms with E-state index in [1.54, 1.807) is 11.8 Å². The van der Waals surface area contributed by atoms with Gasteiger partial charge in [0.05, 0.1) is 6.42 Å². The van der Waals surface area contributed by atoms with Gasteiger partial charge in [0.2, 0.25) is 5.91 Å². The van der Waals surface area contributed by atoms with Gasteiger partial charge in [-0.15, -0.1) is 11.8 Å². The quantitative estimate of drug-likeness (QED) is 0.624. The first kappa shape index (κ1) is 13.8. The van der Waals surface area contributed by atoms with Crippen LogP contribution in [-0.2, 0) is 16.1 Å². The standard InChI is InChI=1S/C13H17NO2S/c1-3-17-12-6-4-11(5-7-12)9-14-13(16)8-10(2)15/h4-7H,3,8-9H2,1-2H3,(H,14,16). The molecule has 1 aromatic rings. The predicted molar refractivity (Wildman–Crippen MR) is 70.0 cm³/mol. The summed E-state index contributed by atoms with van der Waals surface area (Å²) in [4.78, 5) is 23.2. The van der Waals surface area contributed by atoms with E-state index in [0.29, 0.717) is 6.54 Å². The number of ketones is 1. The number of nitrogens with one attached hydrogen (secondary N) is 1. The number of hydrogen-bond acceptors (Lipinski definition) is 3. The van der Waals surface area contributed by atoms with Crippen LogP contribution in [0.1, 0.15) is 25.8 Å². The number of Topliss-reactive ketones (excluding diaryl/α,β-unsaturated/α-hetero) is 1. The highest BCUT2D eigenvalue weighted by Gasteiger charge is 2.04. The van der Waals surface area contributed by atoms with Crippen molar-refractivity contribution in [2.75, 3.05) is 5.75 Å². The molecule has 0 saturated heterocycles. The van der Waals surface area contributed by atoms with Gasteiger partial charge in [-0.05, 0) is 30.4 Å². The van der Waals surface area contributed by atoms with Gasteiger partial charge in [0.15, 0.2) is 0 Å². The Labute approximate surface area is 106 Å². The highest BCUT2D eigenvalue weighted by molar-refractivity contribution is 7.99. The molecule has 0 fully saturated rings. The highest BCUT2D eigenvalue weighted by Crippen LogP contribution is 2.17. The number of hydrogen-bond donors (Lipinski definition) is 1. The zero-order valence-corrected chi connectivity index (χ0v) is 11.0. The fraction of sp³-hybridized carbons (Fsp3) is 0.385. The molecule has 0 unspecified atom stereocenters. The monoisotopic (exact) mass is 251 g/mol. The van der Waals surface area contributed by atoms with E-state index in [9.17, 15) is 9.59 Å². The molecule has 0 aliphatic carbocycles. The number of carbonyl (C=O) groups excluding carboxylic acids is 2. The van der Waals surface area contributed by atoms with Crippen LogP contribution in [0.2, 0.25) is 0 Å². The Bertz CT molecular complexity index is 387. The summed E-state index contributed by atoms with van der Waals surface area (Å²) in [5.74, 6) is 0.719. The minimum atomic E-state index is -0.218. The Morgan fingerprint density at radius 3 is 2.41 bits per heavy atom. The van der Waals surface area contributed by atoms with Crippen molar-refractivity contribution in [2.45, 2.75) is 31.7 Å². The predicted octanol–water partition coefficient (Wildman–Crippen LogP) is 2.39. The first-order valence-corrected chi connectivity index (χ1v) is 6.58. The molecule has 0 radical (unpaired) electrons. The van der Waals surface area contributed by atoms with Crippen molar-refractivity contribution < 1.29 is 9.59 Å². The molecule has 1 aromatic carbocycles. The molecule has 17 heavy (non-hydrogen) atoms. The molecule has 1 rings (SSSR count). The van der Waals surface area contributed by atoms with Crippen molar-refractivity contribution in [1.29, 1.82) is 0 Å². The molecular formula is C13H17NO2S. The van der Waals surface area contributed by atoms with Crippen molar-refractivity contribution >= 4 is 23.5 Å². The first-order valence-electron chi connectivity index (χ1n) is 5.59. The second-order valence-electron chi connectivity index (χ2n) is 3.73. The molecule has 1 N–H and O–H groups in total. The number of benzene rings is 1. The van der Waals surface area contributed by atoms with Crippen LogP contribution in [0.3, 0.4) is 0 Å². The molecule has 0 aliphatic rings. The number of thioether (sulfide) groups is 1. The molecule has 0 saturated carbocycles. The van der Waals surface area contributed by atoms with Crippen molar-refractivity contribution in [1.82, 2.24) is 5.32 Å². The molecule has 0 spiro atoms. The minimum absolute atomic E-state index is 0.0379. The van der Waals surface area contributed by atoms with E-state index in [-0.39, 0.29) is 18.1 Å². The molecule has 92 valence electrons. The third-order valence-corrected chi connectivity index (χ3v) is 3.03. The van der Waals surface area contributed by atoms with E-state index < -0.39 is 0 Å². The summed E-state index contributed by atoms with van der Waals surface area (Å²) in [6.45, 7) is 4.00. The van der Waals surface area contributed by atoms with Gasteiger partial charge in [0.1, 0.15) is 5.78 Å². The topological polar surface area (TPSA) is 46.2 Å². The average Bonchev–Trinajstić information content (AvgIpc) is 2.28. The van der Waals surface area contributed by atoms with Crippen molar-refractivity contribution in [3.8, 4) is 0 Å². The third-order valence-electron chi connectivity index (χ3n) is 2.13. The number of rotatable bonds is 6. The maximum absolute atomic E-state index is 11.3. The Balaban J connectivity index is 2.41. The van der Waals surface area contributed by atoms with Crippen LogP contribution in [0.4, 0.5) is 0 Å². The normalized spacial score (nSPS) is 10.0. The molecule has 4 heteroatoms. The molecule has 3 nitrogen and oxygen atoms in total. The lowest BCUT2D eigenvalue weighted by atomic mass is 10.2. The Morgan fingerprint density at radius 2 is 1.88 bits per heavy atom. The summed E-state index contributed by atoms with van der Waals surface area (Å²) in [5, 5.41) is 2.72. The van der Waals surface area contributed by atoms with Crippen molar-refractivity contribution in [3.05, 3.63) is 29.8 Å². The maximum Gasteiger partial charge on any atom is 0.227 e. The molecule has 1 amide bonds. The molecule has 0 bridgehead atoms. The van der Waals surface area contributed by atoms with Gasteiger partial charge in [-0.2, -0.15) is 0 Å². The maximum atomic E-state index is 11.3. The zero-order chi connectivity index (χ0) is 12.7. The highest BCUT2D eigenvalue weighted by atomic mass is 32.2. The van der Waals surface area contributed by atoms with Crippen LogP contribution in [0.15, 0.2) is 29.2 Å². The summed E-state index contributed by atoms with van der Waals surface area (Å²) in [6.07, 6.45) is -0.0379. The zero-order valence-electron chi connectivity index (χ0n) is 10.2. The molecule has 0 aromatic heterocycles. The molecular weight excluding hydrogens is 234 g/mol. The van der Waals surface area contributed by atoms with Crippen LogP contribution in [-0.4, -0.2) is 17.4 Å². The smallest absolute Gasteiger partial charge is 0.227 e. The lowest BCUT2D eigenvalue weighted by Crippen LogP contribution is -2.24. The summed E-state index contributed by atoms with van der Waals surface area (Å²) in [5.41, 5.74) is 1.04. The third kappa shape index (κ3) is 5.54. The van der Waals surface area contributed by atoms with Crippen LogP contribution in [0.5, 0.6) is 0 Å². The average molecular weight is 251 g/mol. The second kappa shape index (κ2) is 7.12. The fourth-order valence-corrected chi connectivity index (χ4v) is 2.02. The Morgan fingerprint density at radius 1 is 1.24 bits per heavy atom. The van der Waals surface area contributed by atoms with E-state index in [2.05, 4.69) is 12.2 Å². The number of carbonyl (C=O) groups is 2. The van der Waals surface area contributed by atoms with Crippen molar-refractivity contribution in [2.24, 2.45) is 0 Å². The second-order valence-corrected chi connectivity index (χ2v) is 5.07. The lowest BCUT2D eigenvalue weighted by molar-refractivity contribution is -0.127. The van der Waals surface area contributed by atoms with E-state index in [1.807, 2.05) is 24.3 Å². The minimum Gasteiger partial charge on any atom is -0.352 e. The van der Waals surface area contributed by atoms with Gasteiger partial charge >= 0.3 is 0 Å². The number of amides is 1.